The van der Waals surface area contributed by atoms with E-state index in [4.69, 9.17) is 9.47 Å². The number of thioether (sulfide) groups is 1. The Morgan fingerprint density at radius 2 is 1.87 bits per heavy atom. The van der Waals surface area contributed by atoms with Gasteiger partial charge >= 0.3 is 5.97 Å². The van der Waals surface area contributed by atoms with Gasteiger partial charge < -0.3 is 14.6 Å². The van der Waals surface area contributed by atoms with Crippen molar-refractivity contribution in [2.45, 2.75) is 25.6 Å². The van der Waals surface area contributed by atoms with Gasteiger partial charge in [-0.25, -0.2) is 9.18 Å². The van der Waals surface area contributed by atoms with Gasteiger partial charge in [0.25, 0.3) is 0 Å². The van der Waals surface area contributed by atoms with Crippen LogP contribution in [-0.4, -0.2) is 49.2 Å². The minimum atomic E-state index is -1.02. The molecular formula is C23H26FNO5S. The number of benzene rings is 2. The van der Waals surface area contributed by atoms with Crippen LogP contribution < -0.4 is 4.90 Å². The summed E-state index contributed by atoms with van der Waals surface area (Å²) in [5, 5.41) is 9.35. The van der Waals surface area contributed by atoms with E-state index < -0.39 is 5.97 Å². The third kappa shape index (κ3) is 5.44. The largest absolute Gasteiger partial charge is 0.478 e. The Bertz CT molecular complexity index is 934. The Morgan fingerprint density at radius 3 is 2.55 bits per heavy atom. The predicted molar refractivity (Wildman–Crippen MR) is 118 cm³/mol. The quantitative estimate of drug-likeness (QED) is 0.550. The molecular weight excluding hydrogens is 421 g/mol. The second-order valence-electron chi connectivity index (χ2n) is 7.08. The molecule has 1 aliphatic rings. The van der Waals surface area contributed by atoms with Crippen LogP contribution in [0, 0.1) is 12.7 Å². The molecule has 0 spiro atoms. The first-order valence-electron chi connectivity index (χ1n) is 10.1. The highest BCUT2D eigenvalue weighted by atomic mass is 32.2. The van der Waals surface area contributed by atoms with Gasteiger partial charge in [-0.05, 0) is 61.2 Å². The number of ether oxygens (including phenoxy) is 2. The molecule has 0 radical (unpaired) electrons. The molecule has 3 rings (SSSR count). The number of amides is 1. The van der Waals surface area contributed by atoms with Crippen molar-refractivity contribution in [3.8, 4) is 0 Å². The first-order valence-corrected chi connectivity index (χ1v) is 11.2. The summed E-state index contributed by atoms with van der Waals surface area (Å²) in [4.78, 5) is 26.2. The minimum absolute atomic E-state index is 0.0654. The number of anilines is 1. The highest BCUT2D eigenvalue weighted by Gasteiger charge is 2.35. The number of hydrogen-bond donors (Lipinski definition) is 1. The topological polar surface area (TPSA) is 76.1 Å². The van der Waals surface area contributed by atoms with Gasteiger partial charge in [0, 0.05) is 12.3 Å². The van der Waals surface area contributed by atoms with Gasteiger partial charge in [-0.15, -0.1) is 11.8 Å². The van der Waals surface area contributed by atoms with Crippen molar-refractivity contribution in [1.82, 2.24) is 0 Å². The standard InChI is InChI=1S/C23H26FNO5S/c1-3-29-12-13-30-11-10-18-15(2)20(9-8-19(18)23(27)28)25-21(26)14-31-22(25)16-4-6-17(24)7-5-16/h4-9,22H,3,10-14H2,1-2H3,(H,27,28). The number of carbonyl (C=O) groups excluding carboxylic acids is 1. The molecule has 8 heteroatoms. The fraction of sp³-hybridized carbons (Fsp3) is 0.391. The van der Waals surface area contributed by atoms with Gasteiger partial charge in [0.15, 0.2) is 0 Å². The zero-order valence-electron chi connectivity index (χ0n) is 17.6. The molecule has 166 valence electrons. The molecule has 1 fully saturated rings. The van der Waals surface area contributed by atoms with E-state index in [9.17, 15) is 19.1 Å². The van der Waals surface area contributed by atoms with Crippen LogP contribution in [0.1, 0.15) is 39.3 Å². The minimum Gasteiger partial charge on any atom is -0.478 e. The predicted octanol–water partition coefficient (Wildman–Crippen LogP) is 4.21. The maximum absolute atomic E-state index is 13.4. The Hall–Kier alpha value is -2.42. The molecule has 31 heavy (non-hydrogen) atoms. The highest BCUT2D eigenvalue weighted by Crippen LogP contribution is 2.43. The fourth-order valence-corrected chi connectivity index (χ4v) is 4.79. The van der Waals surface area contributed by atoms with Crippen LogP contribution in [0.2, 0.25) is 0 Å². The lowest BCUT2D eigenvalue weighted by atomic mass is 9.96. The Morgan fingerprint density at radius 1 is 1.16 bits per heavy atom. The zero-order valence-corrected chi connectivity index (χ0v) is 18.4. The number of aromatic carboxylic acids is 1. The molecule has 0 saturated carbocycles. The van der Waals surface area contributed by atoms with Gasteiger partial charge in [0.05, 0.1) is 31.1 Å². The van der Waals surface area contributed by atoms with E-state index in [0.29, 0.717) is 49.9 Å². The summed E-state index contributed by atoms with van der Waals surface area (Å²) in [5.41, 5.74) is 3.06. The summed E-state index contributed by atoms with van der Waals surface area (Å²) >= 11 is 1.47. The highest BCUT2D eigenvalue weighted by molar-refractivity contribution is 8.00. The third-order valence-electron chi connectivity index (χ3n) is 5.16. The van der Waals surface area contributed by atoms with Crippen LogP contribution in [0.15, 0.2) is 36.4 Å². The van der Waals surface area contributed by atoms with Crippen molar-refractivity contribution in [2.24, 2.45) is 0 Å². The van der Waals surface area contributed by atoms with E-state index in [1.165, 1.54) is 30.0 Å². The van der Waals surface area contributed by atoms with E-state index in [2.05, 4.69) is 0 Å². The lowest BCUT2D eigenvalue weighted by Crippen LogP contribution is -2.29. The molecule has 2 aromatic rings. The Labute approximate surface area is 185 Å². The van der Waals surface area contributed by atoms with Crippen LogP contribution in [-0.2, 0) is 20.7 Å². The van der Waals surface area contributed by atoms with Crippen molar-refractivity contribution in [3.05, 3.63) is 64.5 Å². The molecule has 2 aromatic carbocycles. The fourth-order valence-electron chi connectivity index (χ4n) is 3.62. The number of carbonyl (C=O) groups is 2. The average Bonchev–Trinajstić information content (AvgIpc) is 3.13. The number of carboxylic acid groups (broad SMARTS) is 1. The van der Waals surface area contributed by atoms with Crippen LogP contribution in [0.4, 0.5) is 10.1 Å². The molecule has 1 N–H and O–H groups in total. The van der Waals surface area contributed by atoms with Crippen LogP contribution in [0.25, 0.3) is 0 Å². The summed E-state index contributed by atoms with van der Waals surface area (Å²) in [6.45, 7) is 5.62. The van der Waals surface area contributed by atoms with Crippen LogP contribution >= 0.6 is 11.8 Å². The molecule has 6 nitrogen and oxygen atoms in total. The maximum atomic E-state index is 13.4. The van der Waals surface area contributed by atoms with E-state index in [-0.39, 0.29) is 22.7 Å². The Balaban J connectivity index is 1.88. The number of halogens is 1. The molecule has 1 saturated heterocycles. The molecule has 1 amide bonds. The van der Waals surface area contributed by atoms with Gasteiger partial charge in [0.2, 0.25) is 5.91 Å². The van der Waals surface area contributed by atoms with Crippen molar-refractivity contribution in [2.75, 3.05) is 37.1 Å². The second kappa shape index (κ2) is 10.7. The number of rotatable bonds is 10. The molecule has 1 heterocycles. The molecule has 0 aromatic heterocycles. The average molecular weight is 448 g/mol. The molecule has 1 aliphatic heterocycles. The molecule has 1 atom stereocenters. The summed E-state index contributed by atoms with van der Waals surface area (Å²) in [6.07, 6.45) is 0.407. The van der Waals surface area contributed by atoms with Gasteiger partial charge in [0.1, 0.15) is 11.2 Å². The SMILES string of the molecule is CCOCCOCCc1c(C(=O)O)ccc(N2C(=O)CSC2c2ccc(F)cc2)c1C. The first kappa shape index (κ1) is 23.2. The van der Waals surface area contributed by atoms with E-state index >= 15 is 0 Å². The van der Waals surface area contributed by atoms with E-state index in [0.717, 1.165) is 11.1 Å². The normalized spacial score (nSPS) is 16.2. The lowest BCUT2D eigenvalue weighted by Gasteiger charge is -2.27. The molecule has 0 bridgehead atoms. The molecule has 1 unspecified atom stereocenters. The van der Waals surface area contributed by atoms with Crippen molar-refractivity contribution < 1.29 is 28.6 Å². The number of carboxylic acids is 1. The van der Waals surface area contributed by atoms with Crippen LogP contribution in [0.5, 0.6) is 0 Å². The second-order valence-corrected chi connectivity index (χ2v) is 8.15. The summed E-state index contributed by atoms with van der Waals surface area (Å²) in [5.74, 6) is -1.11. The van der Waals surface area contributed by atoms with Crippen molar-refractivity contribution >= 4 is 29.3 Å². The van der Waals surface area contributed by atoms with Gasteiger partial charge in [-0.1, -0.05) is 12.1 Å². The Kier molecular flexibility index (Phi) is 8.06. The van der Waals surface area contributed by atoms with Crippen molar-refractivity contribution in [1.29, 1.82) is 0 Å². The zero-order chi connectivity index (χ0) is 22.4. The van der Waals surface area contributed by atoms with Crippen molar-refractivity contribution in [3.63, 3.8) is 0 Å². The summed E-state index contributed by atoms with van der Waals surface area (Å²) < 4.78 is 24.2. The number of hydrogen-bond acceptors (Lipinski definition) is 5. The monoisotopic (exact) mass is 447 g/mol. The van der Waals surface area contributed by atoms with Crippen LogP contribution in [0.3, 0.4) is 0 Å². The molecule has 0 aliphatic carbocycles. The maximum Gasteiger partial charge on any atom is 0.335 e. The summed E-state index contributed by atoms with van der Waals surface area (Å²) in [6, 6.07) is 9.32. The first-order chi connectivity index (χ1) is 14.9. The van der Waals surface area contributed by atoms with Gasteiger partial charge in [-0.3, -0.25) is 9.69 Å². The third-order valence-corrected chi connectivity index (χ3v) is 6.37. The lowest BCUT2D eigenvalue weighted by molar-refractivity contribution is -0.115. The number of nitrogens with zero attached hydrogens (tertiary/aromatic N) is 1. The van der Waals surface area contributed by atoms with E-state index in [1.54, 1.807) is 23.1 Å². The van der Waals surface area contributed by atoms with E-state index in [1.807, 2.05) is 13.8 Å². The summed E-state index contributed by atoms with van der Waals surface area (Å²) in [7, 11) is 0. The van der Waals surface area contributed by atoms with Gasteiger partial charge in [-0.2, -0.15) is 0 Å². The smallest absolute Gasteiger partial charge is 0.335 e.